The first-order chi connectivity index (χ1) is 18.6. The third-order valence-corrected chi connectivity index (χ3v) is 8.30. The molecule has 0 spiro atoms. The Balaban J connectivity index is 2.05. The number of nitrogens with zero attached hydrogens (tertiary/aromatic N) is 2. The number of halogens is 2. The zero-order valence-corrected chi connectivity index (χ0v) is 23.8. The number of para-hydroxylation sites is 1. The normalized spacial score (nSPS) is 12.0. The van der Waals surface area contributed by atoms with E-state index in [2.05, 4.69) is 5.32 Å². The van der Waals surface area contributed by atoms with Crippen LogP contribution in [0.25, 0.3) is 0 Å². The first-order valence-corrected chi connectivity index (χ1v) is 14.6. The van der Waals surface area contributed by atoms with Crippen LogP contribution < -0.4 is 9.62 Å². The van der Waals surface area contributed by atoms with E-state index in [1.54, 1.807) is 37.3 Å². The molecule has 0 radical (unpaired) electrons. The first kappa shape index (κ1) is 30.1. The average molecular weight is 574 g/mol. The van der Waals surface area contributed by atoms with Crippen LogP contribution in [0.15, 0.2) is 77.7 Å². The van der Waals surface area contributed by atoms with Crippen LogP contribution in [0.4, 0.5) is 10.1 Å². The lowest BCUT2D eigenvalue weighted by Gasteiger charge is -2.33. The van der Waals surface area contributed by atoms with Crippen molar-refractivity contribution in [2.75, 3.05) is 17.4 Å². The maximum absolute atomic E-state index is 13.9. The standard InChI is InChI=1S/C29H33ClFN3O4S/c1-4-18-32-29(36)26(5-2)33(19-22-12-14-23(31)15-13-22)28(35)20-34(27-9-7-6-8-25(27)30)39(37,38)24-16-10-21(3)11-17-24/h6-17,26H,4-5,18-20H2,1-3H3,(H,32,36)/t26-/m1/s1. The molecule has 0 heterocycles. The second kappa shape index (κ2) is 13.6. The number of amides is 2. The maximum atomic E-state index is 13.9. The molecular weight excluding hydrogens is 541 g/mol. The Bertz CT molecular complexity index is 1380. The molecule has 10 heteroatoms. The SMILES string of the molecule is CCCNC(=O)[C@@H](CC)N(Cc1ccc(F)cc1)C(=O)CN(c1ccccc1Cl)S(=O)(=O)c1ccc(C)cc1. The van der Waals surface area contributed by atoms with E-state index < -0.39 is 34.3 Å². The number of hydrogen-bond donors (Lipinski definition) is 1. The van der Waals surface area contributed by atoms with Gasteiger partial charge in [0, 0.05) is 13.1 Å². The smallest absolute Gasteiger partial charge is 0.264 e. The van der Waals surface area contributed by atoms with Crippen molar-refractivity contribution < 1.29 is 22.4 Å². The summed E-state index contributed by atoms with van der Waals surface area (Å²) in [6, 6.07) is 17.4. The van der Waals surface area contributed by atoms with E-state index in [0.717, 1.165) is 9.87 Å². The molecule has 1 atom stereocenters. The van der Waals surface area contributed by atoms with Crippen molar-refractivity contribution in [2.45, 2.75) is 51.1 Å². The lowest BCUT2D eigenvalue weighted by atomic mass is 10.1. The van der Waals surface area contributed by atoms with E-state index in [4.69, 9.17) is 11.6 Å². The number of rotatable bonds is 12. The molecule has 0 aliphatic carbocycles. The molecule has 0 bridgehead atoms. The highest BCUT2D eigenvalue weighted by molar-refractivity contribution is 7.92. The van der Waals surface area contributed by atoms with Gasteiger partial charge in [-0.25, -0.2) is 12.8 Å². The largest absolute Gasteiger partial charge is 0.354 e. The third-order valence-electron chi connectivity index (χ3n) is 6.21. The van der Waals surface area contributed by atoms with Gasteiger partial charge in [0.15, 0.2) is 0 Å². The van der Waals surface area contributed by atoms with Crippen molar-refractivity contribution in [3.63, 3.8) is 0 Å². The summed E-state index contributed by atoms with van der Waals surface area (Å²) < 4.78 is 42.2. The average Bonchev–Trinajstić information content (AvgIpc) is 2.92. The van der Waals surface area contributed by atoms with Gasteiger partial charge in [-0.2, -0.15) is 0 Å². The van der Waals surface area contributed by atoms with Crippen molar-refractivity contribution >= 4 is 39.1 Å². The topological polar surface area (TPSA) is 86.8 Å². The Morgan fingerprint density at radius 1 is 0.974 bits per heavy atom. The van der Waals surface area contributed by atoms with Gasteiger partial charge in [-0.05, 0) is 61.7 Å². The summed E-state index contributed by atoms with van der Waals surface area (Å²) in [7, 11) is -4.22. The molecule has 0 aliphatic rings. The van der Waals surface area contributed by atoms with Gasteiger partial charge in [-0.15, -0.1) is 0 Å². The zero-order valence-electron chi connectivity index (χ0n) is 22.2. The number of sulfonamides is 1. The number of carbonyl (C=O) groups excluding carboxylic acids is 2. The summed E-state index contributed by atoms with van der Waals surface area (Å²) in [5, 5.41) is 2.97. The van der Waals surface area contributed by atoms with Gasteiger partial charge in [-0.1, -0.05) is 67.4 Å². The van der Waals surface area contributed by atoms with Crippen LogP contribution >= 0.6 is 11.6 Å². The molecule has 7 nitrogen and oxygen atoms in total. The Morgan fingerprint density at radius 3 is 2.21 bits per heavy atom. The summed E-state index contributed by atoms with van der Waals surface area (Å²) in [6.45, 7) is 5.35. The van der Waals surface area contributed by atoms with E-state index in [9.17, 15) is 22.4 Å². The Morgan fingerprint density at radius 2 is 1.62 bits per heavy atom. The number of benzene rings is 3. The van der Waals surface area contributed by atoms with Gasteiger partial charge in [0.2, 0.25) is 11.8 Å². The monoisotopic (exact) mass is 573 g/mol. The van der Waals surface area contributed by atoms with Gasteiger partial charge >= 0.3 is 0 Å². The van der Waals surface area contributed by atoms with E-state index in [1.807, 2.05) is 13.8 Å². The summed E-state index contributed by atoms with van der Waals surface area (Å²) >= 11 is 6.41. The Kier molecular flexibility index (Phi) is 10.5. The highest BCUT2D eigenvalue weighted by Gasteiger charge is 2.34. The van der Waals surface area contributed by atoms with E-state index >= 15 is 0 Å². The molecule has 0 saturated heterocycles. The molecule has 39 heavy (non-hydrogen) atoms. The molecule has 0 aliphatic heterocycles. The molecule has 208 valence electrons. The minimum Gasteiger partial charge on any atom is -0.354 e. The van der Waals surface area contributed by atoms with Crippen LogP contribution in [0.2, 0.25) is 5.02 Å². The van der Waals surface area contributed by atoms with Crippen molar-refractivity contribution in [3.05, 3.63) is 94.8 Å². The highest BCUT2D eigenvalue weighted by Crippen LogP contribution is 2.31. The van der Waals surface area contributed by atoms with Gasteiger partial charge in [0.25, 0.3) is 10.0 Å². The van der Waals surface area contributed by atoms with Crippen molar-refractivity contribution in [3.8, 4) is 0 Å². The molecule has 0 unspecified atom stereocenters. The van der Waals surface area contributed by atoms with Crippen molar-refractivity contribution in [2.24, 2.45) is 0 Å². The van der Waals surface area contributed by atoms with E-state index in [-0.39, 0.29) is 28.1 Å². The summed E-state index contributed by atoms with van der Waals surface area (Å²) in [4.78, 5) is 28.3. The fourth-order valence-electron chi connectivity index (χ4n) is 4.08. The predicted molar refractivity (Wildman–Crippen MR) is 151 cm³/mol. The number of carbonyl (C=O) groups is 2. The second-order valence-corrected chi connectivity index (χ2v) is 11.4. The number of hydrogen-bond acceptors (Lipinski definition) is 4. The quantitative estimate of drug-likeness (QED) is 0.318. The van der Waals surface area contributed by atoms with Crippen LogP contribution in [-0.2, 0) is 26.2 Å². The second-order valence-electron chi connectivity index (χ2n) is 9.14. The van der Waals surface area contributed by atoms with E-state index in [1.165, 1.54) is 47.4 Å². The predicted octanol–water partition coefficient (Wildman–Crippen LogP) is 5.32. The summed E-state index contributed by atoms with van der Waals surface area (Å²) in [5.41, 5.74) is 1.61. The maximum Gasteiger partial charge on any atom is 0.264 e. The minimum absolute atomic E-state index is 0.00126. The molecule has 0 fully saturated rings. The summed E-state index contributed by atoms with van der Waals surface area (Å²) in [6.07, 6.45) is 1.00. The molecule has 3 aromatic rings. The molecule has 2 amide bonds. The Labute approximate surface area is 234 Å². The molecule has 3 aromatic carbocycles. The molecular formula is C29H33ClFN3O4S. The van der Waals surface area contributed by atoms with Crippen LogP contribution in [0, 0.1) is 12.7 Å². The van der Waals surface area contributed by atoms with Crippen molar-refractivity contribution in [1.29, 1.82) is 0 Å². The number of aryl methyl sites for hydroxylation is 1. The van der Waals surface area contributed by atoms with Crippen LogP contribution in [0.5, 0.6) is 0 Å². The van der Waals surface area contributed by atoms with Gasteiger partial charge < -0.3 is 10.2 Å². The zero-order chi connectivity index (χ0) is 28.6. The lowest BCUT2D eigenvalue weighted by Crippen LogP contribution is -2.52. The molecule has 3 rings (SSSR count). The van der Waals surface area contributed by atoms with Gasteiger partial charge in [0.05, 0.1) is 15.6 Å². The van der Waals surface area contributed by atoms with Crippen molar-refractivity contribution in [1.82, 2.24) is 10.2 Å². The fraction of sp³-hybridized carbons (Fsp3) is 0.310. The Hall–Kier alpha value is -3.43. The third kappa shape index (κ3) is 7.58. The van der Waals surface area contributed by atoms with E-state index in [0.29, 0.717) is 24.9 Å². The molecule has 1 N–H and O–H groups in total. The molecule has 0 saturated carbocycles. The highest BCUT2D eigenvalue weighted by atomic mass is 35.5. The number of nitrogens with one attached hydrogen (secondary N) is 1. The van der Waals surface area contributed by atoms with Gasteiger partial charge in [0.1, 0.15) is 18.4 Å². The lowest BCUT2D eigenvalue weighted by molar-refractivity contribution is -0.140. The summed E-state index contributed by atoms with van der Waals surface area (Å²) in [5.74, 6) is -1.38. The van der Waals surface area contributed by atoms with Crippen LogP contribution in [0.3, 0.4) is 0 Å². The van der Waals surface area contributed by atoms with Gasteiger partial charge in [-0.3, -0.25) is 13.9 Å². The molecule has 0 aromatic heterocycles. The number of anilines is 1. The first-order valence-electron chi connectivity index (χ1n) is 12.7. The fourth-order valence-corrected chi connectivity index (χ4v) is 5.80. The van der Waals surface area contributed by atoms with Crippen LogP contribution in [-0.4, -0.2) is 44.3 Å². The minimum atomic E-state index is -4.22. The van der Waals surface area contributed by atoms with Crippen LogP contribution in [0.1, 0.15) is 37.8 Å².